The maximum Gasteiger partial charge on any atom is 0.286 e. The first kappa shape index (κ1) is 10.1. The van der Waals surface area contributed by atoms with Crippen molar-refractivity contribution >= 4 is 11.6 Å². The molecule has 1 aromatic rings. The van der Waals surface area contributed by atoms with E-state index in [9.17, 15) is 5.21 Å². The molecule has 0 aliphatic carbocycles. The number of halogens is 1. The van der Waals surface area contributed by atoms with Crippen molar-refractivity contribution in [3.8, 4) is 0 Å². The zero-order valence-corrected chi connectivity index (χ0v) is 8.89. The molecule has 15 heavy (non-hydrogen) atoms. The molecule has 0 unspecified atom stereocenters. The molecule has 0 spiro atoms. The highest BCUT2D eigenvalue weighted by Gasteiger charge is 2.06. The van der Waals surface area contributed by atoms with E-state index in [-0.39, 0.29) is 5.15 Å². The molecule has 0 atom stereocenters. The summed E-state index contributed by atoms with van der Waals surface area (Å²) >= 11 is 5.64. The van der Waals surface area contributed by atoms with Crippen LogP contribution in [0.1, 0.15) is 5.56 Å². The summed E-state index contributed by atoms with van der Waals surface area (Å²) < 4.78 is 0.681. The molecule has 0 aromatic carbocycles. The second kappa shape index (κ2) is 4.36. The van der Waals surface area contributed by atoms with Gasteiger partial charge in [0.2, 0.25) is 0 Å². The molecule has 0 fully saturated rings. The van der Waals surface area contributed by atoms with Crippen molar-refractivity contribution in [1.29, 1.82) is 0 Å². The van der Waals surface area contributed by atoms with E-state index in [2.05, 4.69) is 11.0 Å². The van der Waals surface area contributed by atoms with Crippen LogP contribution in [0.5, 0.6) is 0 Å². The van der Waals surface area contributed by atoms with Crippen LogP contribution in [0.25, 0.3) is 0 Å². The first-order chi connectivity index (χ1) is 7.25. The number of aromatic nitrogens is 1. The Morgan fingerprint density at radius 2 is 2.27 bits per heavy atom. The molecule has 4 heteroatoms. The minimum atomic E-state index is 0.202. The van der Waals surface area contributed by atoms with E-state index in [1.807, 2.05) is 24.4 Å². The summed E-state index contributed by atoms with van der Waals surface area (Å²) in [4.78, 5) is 2.11. The number of hydrogen-bond donors (Lipinski definition) is 0. The second-order valence-electron chi connectivity index (χ2n) is 3.38. The van der Waals surface area contributed by atoms with Crippen molar-refractivity contribution in [2.45, 2.75) is 6.54 Å². The number of allylic oxidation sites excluding steroid dienone is 2. The van der Waals surface area contributed by atoms with Gasteiger partial charge in [-0.25, -0.2) is 0 Å². The SMILES string of the molecule is [O-][n+]1cc(CN2C=CC=CC2)ccc1Cl. The van der Waals surface area contributed by atoms with Crippen molar-refractivity contribution in [3.05, 3.63) is 58.7 Å². The molecule has 78 valence electrons. The first-order valence-corrected chi connectivity index (χ1v) is 5.08. The summed E-state index contributed by atoms with van der Waals surface area (Å²) in [5, 5.41) is 11.4. The predicted molar refractivity (Wildman–Crippen MR) is 59.1 cm³/mol. The lowest BCUT2D eigenvalue weighted by molar-refractivity contribution is -0.603. The van der Waals surface area contributed by atoms with Gasteiger partial charge in [0.15, 0.2) is 6.20 Å². The van der Waals surface area contributed by atoms with Gasteiger partial charge in [-0.15, -0.1) is 0 Å². The molecular formula is C11H11ClN2O. The monoisotopic (exact) mass is 222 g/mol. The van der Waals surface area contributed by atoms with E-state index in [0.29, 0.717) is 4.73 Å². The normalized spacial score (nSPS) is 14.6. The van der Waals surface area contributed by atoms with Gasteiger partial charge < -0.3 is 10.1 Å². The Morgan fingerprint density at radius 1 is 1.40 bits per heavy atom. The Morgan fingerprint density at radius 3 is 2.93 bits per heavy atom. The van der Waals surface area contributed by atoms with Crippen LogP contribution >= 0.6 is 11.6 Å². The van der Waals surface area contributed by atoms with Crippen molar-refractivity contribution in [2.75, 3.05) is 6.54 Å². The summed E-state index contributed by atoms with van der Waals surface area (Å²) in [6.07, 6.45) is 9.57. The highest BCUT2D eigenvalue weighted by atomic mass is 35.5. The van der Waals surface area contributed by atoms with Crippen LogP contribution in [-0.4, -0.2) is 11.4 Å². The van der Waals surface area contributed by atoms with E-state index in [4.69, 9.17) is 11.6 Å². The van der Waals surface area contributed by atoms with Crippen LogP contribution in [0.3, 0.4) is 0 Å². The Labute approximate surface area is 93.5 Å². The zero-order valence-electron chi connectivity index (χ0n) is 8.14. The Balaban J connectivity index is 2.07. The first-order valence-electron chi connectivity index (χ1n) is 4.71. The molecule has 1 aliphatic heterocycles. The third kappa shape index (κ3) is 2.50. The van der Waals surface area contributed by atoms with Crippen LogP contribution in [-0.2, 0) is 6.54 Å². The number of nitrogens with zero attached hydrogens (tertiary/aromatic N) is 2. The average Bonchev–Trinajstić information content (AvgIpc) is 2.25. The fourth-order valence-electron chi connectivity index (χ4n) is 1.46. The minimum Gasteiger partial charge on any atom is -0.618 e. The van der Waals surface area contributed by atoms with Crippen LogP contribution in [0.2, 0.25) is 5.15 Å². The molecule has 1 aliphatic rings. The lowest BCUT2D eigenvalue weighted by atomic mass is 10.2. The van der Waals surface area contributed by atoms with Crippen LogP contribution in [0.15, 0.2) is 42.8 Å². The fraction of sp³-hybridized carbons (Fsp3) is 0.182. The van der Waals surface area contributed by atoms with E-state index >= 15 is 0 Å². The molecule has 0 radical (unpaired) electrons. The molecule has 0 amide bonds. The Kier molecular flexibility index (Phi) is 2.92. The third-order valence-corrected chi connectivity index (χ3v) is 2.49. The largest absolute Gasteiger partial charge is 0.618 e. The lowest BCUT2D eigenvalue weighted by Gasteiger charge is -2.19. The van der Waals surface area contributed by atoms with Crippen LogP contribution in [0.4, 0.5) is 0 Å². The van der Waals surface area contributed by atoms with Crippen LogP contribution in [0, 0.1) is 5.21 Å². The van der Waals surface area contributed by atoms with E-state index in [0.717, 1.165) is 18.7 Å². The Hall–Kier alpha value is -1.48. The Bertz CT molecular complexity index is 415. The molecule has 1 aromatic heterocycles. The molecule has 0 saturated heterocycles. The van der Waals surface area contributed by atoms with Crippen molar-refractivity contribution in [3.63, 3.8) is 0 Å². The third-order valence-electron chi connectivity index (χ3n) is 2.20. The molecular weight excluding hydrogens is 212 g/mol. The molecule has 0 saturated carbocycles. The molecule has 2 heterocycles. The summed E-state index contributed by atoms with van der Waals surface area (Å²) in [5.74, 6) is 0. The van der Waals surface area contributed by atoms with E-state index in [1.54, 1.807) is 6.07 Å². The second-order valence-corrected chi connectivity index (χ2v) is 3.77. The van der Waals surface area contributed by atoms with Gasteiger partial charge in [0.25, 0.3) is 5.15 Å². The topological polar surface area (TPSA) is 30.2 Å². The predicted octanol–water partition coefficient (Wildman–Crippen LogP) is 1.86. The van der Waals surface area contributed by atoms with E-state index in [1.165, 1.54) is 6.20 Å². The van der Waals surface area contributed by atoms with Crippen molar-refractivity contribution in [2.24, 2.45) is 0 Å². The summed E-state index contributed by atoms with van der Waals surface area (Å²) in [5.41, 5.74) is 0.953. The van der Waals surface area contributed by atoms with Gasteiger partial charge >= 0.3 is 0 Å². The van der Waals surface area contributed by atoms with Gasteiger partial charge in [0.1, 0.15) is 0 Å². The van der Waals surface area contributed by atoms with Gasteiger partial charge in [0.05, 0.1) is 0 Å². The molecule has 0 N–H and O–H groups in total. The van der Waals surface area contributed by atoms with E-state index < -0.39 is 0 Å². The number of pyridine rings is 1. The number of hydrogen-bond acceptors (Lipinski definition) is 2. The fourth-order valence-corrected chi connectivity index (χ4v) is 1.57. The van der Waals surface area contributed by atoms with Gasteiger partial charge in [0, 0.05) is 24.7 Å². The maximum absolute atomic E-state index is 11.2. The molecule has 2 rings (SSSR count). The van der Waals surface area contributed by atoms with Crippen molar-refractivity contribution in [1.82, 2.24) is 4.90 Å². The standard InChI is InChI=1S/C11H11ClN2O/c12-11-5-4-10(9-14(11)15)8-13-6-2-1-3-7-13/h1-6,9H,7-8H2. The highest BCUT2D eigenvalue weighted by molar-refractivity contribution is 6.28. The summed E-state index contributed by atoms with van der Waals surface area (Å²) in [7, 11) is 0. The van der Waals surface area contributed by atoms with Crippen molar-refractivity contribution < 1.29 is 4.73 Å². The average molecular weight is 223 g/mol. The van der Waals surface area contributed by atoms with Crippen LogP contribution < -0.4 is 4.73 Å². The highest BCUT2D eigenvalue weighted by Crippen LogP contribution is 2.08. The van der Waals surface area contributed by atoms with Gasteiger partial charge in [-0.3, -0.25) is 0 Å². The van der Waals surface area contributed by atoms with Gasteiger partial charge in [-0.05, 0) is 29.9 Å². The maximum atomic E-state index is 11.2. The quantitative estimate of drug-likeness (QED) is 0.434. The molecule has 0 bridgehead atoms. The smallest absolute Gasteiger partial charge is 0.286 e. The summed E-state index contributed by atoms with van der Waals surface area (Å²) in [6, 6.07) is 3.48. The number of rotatable bonds is 2. The summed E-state index contributed by atoms with van der Waals surface area (Å²) in [6.45, 7) is 1.60. The van der Waals surface area contributed by atoms with Gasteiger partial charge in [-0.1, -0.05) is 12.2 Å². The van der Waals surface area contributed by atoms with Gasteiger partial charge in [-0.2, -0.15) is 4.73 Å². The lowest BCUT2D eigenvalue weighted by Crippen LogP contribution is -2.28. The molecule has 3 nitrogen and oxygen atoms in total. The zero-order chi connectivity index (χ0) is 10.7. The minimum absolute atomic E-state index is 0.202.